The van der Waals surface area contributed by atoms with Crippen molar-refractivity contribution in [2.75, 3.05) is 4.90 Å². The fourth-order valence-corrected chi connectivity index (χ4v) is 2.46. The molecule has 1 aliphatic rings. The van der Waals surface area contributed by atoms with Crippen LogP contribution in [0, 0.1) is 3.57 Å². The van der Waals surface area contributed by atoms with E-state index in [-0.39, 0.29) is 11.9 Å². The Labute approximate surface area is 107 Å². The summed E-state index contributed by atoms with van der Waals surface area (Å²) in [6.45, 7) is 1.81. The quantitative estimate of drug-likeness (QED) is 0.630. The van der Waals surface area contributed by atoms with E-state index in [1.165, 1.54) is 0 Å². The molecule has 0 aromatic heterocycles. The van der Waals surface area contributed by atoms with Gasteiger partial charge in [-0.3, -0.25) is 9.69 Å². The maximum Gasteiger partial charge on any atom is 0.255 e. The van der Waals surface area contributed by atoms with Gasteiger partial charge in [-0.25, -0.2) is 0 Å². The minimum Gasteiger partial charge on any atom is -0.350 e. The van der Waals surface area contributed by atoms with Gasteiger partial charge in [0.15, 0.2) is 5.11 Å². The highest BCUT2D eigenvalue weighted by molar-refractivity contribution is 14.1. The SMILES string of the molecule is C[C@H]1NC(=S)N(c2ccccc2I)C1=O. The zero-order valence-electron chi connectivity index (χ0n) is 8.03. The number of hydrogen-bond donors (Lipinski definition) is 1. The van der Waals surface area contributed by atoms with Crippen LogP contribution in [0.2, 0.25) is 0 Å². The van der Waals surface area contributed by atoms with Crippen molar-refractivity contribution in [1.29, 1.82) is 0 Å². The molecule has 3 nitrogen and oxygen atoms in total. The number of halogens is 1. The van der Waals surface area contributed by atoms with E-state index in [9.17, 15) is 4.79 Å². The number of carbonyl (C=O) groups is 1. The Kier molecular flexibility index (Phi) is 2.92. The molecule has 5 heteroatoms. The predicted octanol–water partition coefficient (Wildman–Crippen LogP) is 1.90. The van der Waals surface area contributed by atoms with E-state index < -0.39 is 0 Å². The summed E-state index contributed by atoms with van der Waals surface area (Å²) >= 11 is 7.32. The molecule has 1 saturated heterocycles. The third kappa shape index (κ3) is 1.85. The third-order valence-corrected chi connectivity index (χ3v) is 3.44. The van der Waals surface area contributed by atoms with Crippen LogP contribution in [-0.2, 0) is 4.79 Å². The standard InChI is InChI=1S/C10H9IN2OS/c1-6-9(14)13(10(15)12-6)8-5-3-2-4-7(8)11/h2-6H,1H3,(H,12,15)/t6-/m1/s1. The van der Waals surface area contributed by atoms with Crippen LogP contribution in [0.5, 0.6) is 0 Å². The lowest BCUT2D eigenvalue weighted by Crippen LogP contribution is -2.31. The fourth-order valence-electron chi connectivity index (χ4n) is 1.47. The molecule has 0 radical (unpaired) electrons. The van der Waals surface area contributed by atoms with E-state index >= 15 is 0 Å². The normalized spacial score (nSPS) is 20.7. The molecule has 0 spiro atoms. The Morgan fingerprint density at radius 2 is 2.13 bits per heavy atom. The molecule has 1 aliphatic heterocycles. The minimum atomic E-state index is -0.228. The fraction of sp³-hybridized carbons (Fsp3) is 0.200. The zero-order chi connectivity index (χ0) is 11.0. The van der Waals surface area contributed by atoms with Gasteiger partial charge in [-0.15, -0.1) is 0 Å². The number of nitrogens with zero attached hydrogens (tertiary/aromatic N) is 1. The van der Waals surface area contributed by atoms with E-state index in [2.05, 4.69) is 27.9 Å². The van der Waals surface area contributed by atoms with Crippen molar-refractivity contribution < 1.29 is 4.79 Å². The molecule has 0 unspecified atom stereocenters. The lowest BCUT2D eigenvalue weighted by molar-refractivity contribution is -0.117. The van der Waals surface area contributed by atoms with Gasteiger partial charge in [0.1, 0.15) is 6.04 Å². The Morgan fingerprint density at radius 3 is 2.67 bits per heavy atom. The molecule has 0 saturated carbocycles. The van der Waals surface area contributed by atoms with Gasteiger partial charge in [0.25, 0.3) is 5.91 Å². The van der Waals surface area contributed by atoms with Crippen LogP contribution in [0.1, 0.15) is 6.92 Å². The topological polar surface area (TPSA) is 32.3 Å². The molecule has 1 N–H and O–H groups in total. The molecule has 2 rings (SSSR count). The first kappa shape index (κ1) is 10.8. The third-order valence-electron chi connectivity index (χ3n) is 2.23. The summed E-state index contributed by atoms with van der Waals surface area (Å²) in [5.41, 5.74) is 0.852. The largest absolute Gasteiger partial charge is 0.350 e. The van der Waals surface area contributed by atoms with Gasteiger partial charge >= 0.3 is 0 Å². The number of rotatable bonds is 1. The molecule has 1 fully saturated rings. The van der Waals surface area contributed by atoms with Crippen molar-refractivity contribution in [3.05, 3.63) is 27.8 Å². The summed E-state index contributed by atoms with van der Waals surface area (Å²) in [5, 5.41) is 3.43. The number of nitrogens with one attached hydrogen (secondary N) is 1. The Bertz CT molecular complexity index is 435. The molecule has 78 valence electrons. The van der Waals surface area contributed by atoms with E-state index in [0.717, 1.165) is 9.26 Å². The summed E-state index contributed by atoms with van der Waals surface area (Å²) in [7, 11) is 0. The van der Waals surface area contributed by atoms with Crippen molar-refractivity contribution in [3.63, 3.8) is 0 Å². The molecular weight excluding hydrogens is 323 g/mol. The summed E-state index contributed by atoms with van der Waals surface area (Å²) in [5.74, 6) is 0.00381. The number of benzene rings is 1. The molecular formula is C10H9IN2OS. The molecule has 0 bridgehead atoms. The van der Waals surface area contributed by atoms with E-state index in [1.54, 1.807) is 4.90 Å². The molecule has 1 aromatic carbocycles. The number of hydrogen-bond acceptors (Lipinski definition) is 2. The molecule has 0 aliphatic carbocycles. The van der Waals surface area contributed by atoms with Crippen LogP contribution < -0.4 is 10.2 Å². The number of anilines is 1. The van der Waals surface area contributed by atoms with Crippen molar-refractivity contribution in [3.8, 4) is 0 Å². The van der Waals surface area contributed by atoms with Crippen LogP contribution >= 0.6 is 34.8 Å². The molecule has 15 heavy (non-hydrogen) atoms. The zero-order valence-corrected chi connectivity index (χ0v) is 11.0. The Hall–Kier alpha value is -0.690. The van der Waals surface area contributed by atoms with Gasteiger partial charge in [-0.2, -0.15) is 0 Å². The van der Waals surface area contributed by atoms with Crippen LogP contribution in [-0.4, -0.2) is 17.1 Å². The first-order chi connectivity index (χ1) is 7.11. The van der Waals surface area contributed by atoms with Gasteiger partial charge in [-0.1, -0.05) is 12.1 Å². The van der Waals surface area contributed by atoms with E-state index in [1.807, 2.05) is 31.2 Å². The summed E-state index contributed by atoms with van der Waals surface area (Å²) in [4.78, 5) is 13.4. The van der Waals surface area contributed by atoms with Crippen molar-refractivity contribution in [2.24, 2.45) is 0 Å². The number of thiocarbonyl (C=S) groups is 1. The lowest BCUT2D eigenvalue weighted by Gasteiger charge is -2.16. The van der Waals surface area contributed by atoms with Crippen molar-refractivity contribution in [2.45, 2.75) is 13.0 Å². The van der Waals surface area contributed by atoms with Crippen LogP contribution in [0.15, 0.2) is 24.3 Å². The summed E-state index contributed by atoms with van der Waals surface area (Å²) in [6, 6.07) is 7.45. The second-order valence-corrected chi connectivity index (χ2v) is 4.85. The first-order valence-corrected chi connectivity index (χ1v) is 5.99. The molecule has 1 aromatic rings. The predicted molar refractivity (Wildman–Crippen MR) is 71.8 cm³/mol. The Balaban J connectivity index is 2.44. The summed E-state index contributed by atoms with van der Waals surface area (Å²) < 4.78 is 1.02. The number of carbonyl (C=O) groups excluding carboxylic acids is 1. The highest BCUT2D eigenvalue weighted by Crippen LogP contribution is 2.25. The minimum absolute atomic E-state index is 0.00381. The maximum atomic E-state index is 11.8. The van der Waals surface area contributed by atoms with Gasteiger partial charge in [0, 0.05) is 3.57 Å². The molecule has 1 atom stereocenters. The van der Waals surface area contributed by atoms with Crippen LogP contribution in [0.25, 0.3) is 0 Å². The first-order valence-electron chi connectivity index (χ1n) is 4.50. The number of para-hydroxylation sites is 1. The average molecular weight is 332 g/mol. The van der Waals surface area contributed by atoms with Gasteiger partial charge in [-0.05, 0) is 53.9 Å². The average Bonchev–Trinajstić information content (AvgIpc) is 2.43. The van der Waals surface area contributed by atoms with Gasteiger partial charge in [0.2, 0.25) is 0 Å². The van der Waals surface area contributed by atoms with Crippen LogP contribution in [0.4, 0.5) is 5.69 Å². The smallest absolute Gasteiger partial charge is 0.255 e. The molecule has 1 heterocycles. The number of amides is 1. The van der Waals surface area contributed by atoms with Crippen LogP contribution in [0.3, 0.4) is 0 Å². The monoisotopic (exact) mass is 332 g/mol. The highest BCUT2D eigenvalue weighted by Gasteiger charge is 2.33. The Morgan fingerprint density at radius 1 is 1.47 bits per heavy atom. The summed E-state index contributed by atoms with van der Waals surface area (Å²) in [6.07, 6.45) is 0. The van der Waals surface area contributed by atoms with Crippen molar-refractivity contribution in [1.82, 2.24) is 5.32 Å². The van der Waals surface area contributed by atoms with Gasteiger partial charge in [0.05, 0.1) is 5.69 Å². The van der Waals surface area contributed by atoms with E-state index in [0.29, 0.717) is 5.11 Å². The van der Waals surface area contributed by atoms with Gasteiger partial charge < -0.3 is 5.32 Å². The second kappa shape index (κ2) is 4.05. The van der Waals surface area contributed by atoms with E-state index in [4.69, 9.17) is 12.2 Å². The van der Waals surface area contributed by atoms with Crippen molar-refractivity contribution >= 4 is 51.5 Å². The molecule has 1 amide bonds. The lowest BCUT2D eigenvalue weighted by atomic mass is 10.3. The second-order valence-electron chi connectivity index (χ2n) is 3.30. The maximum absolute atomic E-state index is 11.8. The highest BCUT2D eigenvalue weighted by atomic mass is 127.